The van der Waals surface area contributed by atoms with Crippen molar-refractivity contribution in [3.05, 3.63) is 132 Å². The van der Waals surface area contributed by atoms with Crippen molar-refractivity contribution >= 4 is 43.1 Å². The van der Waals surface area contributed by atoms with E-state index in [2.05, 4.69) is 34.9 Å². The lowest BCUT2D eigenvalue weighted by atomic mass is 10.0. The number of thiol groups is 1. The van der Waals surface area contributed by atoms with Crippen LogP contribution in [0.25, 0.3) is 22.3 Å². The minimum absolute atomic E-state index is 0.0519. The van der Waals surface area contributed by atoms with Gasteiger partial charge in [0.2, 0.25) is 6.19 Å². The summed E-state index contributed by atoms with van der Waals surface area (Å²) in [6, 6.07) is 17.3. The molecule has 1 atom stereocenters. The van der Waals surface area contributed by atoms with Crippen molar-refractivity contribution in [2.75, 3.05) is 43.4 Å². The summed E-state index contributed by atoms with van der Waals surface area (Å²) in [6.45, 7) is 0.174. The number of pyridine rings is 4. The number of ether oxygens (including phenoxy) is 2. The third-order valence-corrected chi connectivity index (χ3v) is 11.5. The molecule has 20 heteroatoms. The molecule has 0 radical (unpaired) electrons. The highest BCUT2D eigenvalue weighted by Gasteiger charge is 2.16. The fraction of sp³-hybridized carbons (Fsp3) is 0.175. The van der Waals surface area contributed by atoms with Gasteiger partial charge in [-0.25, -0.2) is 41.7 Å². The second kappa shape index (κ2) is 20.0. The van der Waals surface area contributed by atoms with Gasteiger partial charge in [-0.05, 0) is 78.0 Å². The predicted molar refractivity (Wildman–Crippen MR) is 225 cm³/mol. The Bertz CT molecular complexity index is 2700. The van der Waals surface area contributed by atoms with E-state index in [0.717, 1.165) is 18.0 Å². The van der Waals surface area contributed by atoms with Gasteiger partial charge in [-0.2, -0.15) is 5.26 Å². The number of nitriles is 1. The molecule has 6 N–H and O–H groups in total. The normalized spacial score (nSPS) is 12.2. The second-order valence-electron chi connectivity index (χ2n) is 13.0. The molecule has 0 aliphatic carbocycles. The third-order valence-electron chi connectivity index (χ3n) is 8.37. The zero-order valence-electron chi connectivity index (χ0n) is 32.4. The molecular weight excluding hydrogens is 825 g/mol. The van der Waals surface area contributed by atoms with Crippen LogP contribution in [0.5, 0.6) is 11.5 Å². The summed E-state index contributed by atoms with van der Waals surface area (Å²) >= 11 is 0. The average Bonchev–Trinajstić information content (AvgIpc) is 3.19. The zero-order chi connectivity index (χ0) is 43.5. The van der Waals surface area contributed by atoms with Crippen molar-refractivity contribution < 1.29 is 35.8 Å². The summed E-state index contributed by atoms with van der Waals surface area (Å²) in [7, 11) is -2.81. The standard InChI is InChI=1S/C20H19F2N5O2S.C20H21F2N5O2S/c1-29-18-8-14(21)3-4-15(18)16-9-20(25-10-17(16)22)27-19-7-13(5-6-24-19)11-30(2,28)26-12-23;1-29-18-9-14(21)2-3-15(18)16-10-20(26-11-17(16)22)27-19-8-13(4-6-25-19)12-30(24,28)7-5-23/h3-10,30H,11H2,1-2H3,(H,26,28)(H,24,25,27);2-4,6,8-11,24H,5,7,12,23H2,1H3,(H,25,26,27). The fourth-order valence-electron chi connectivity index (χ4n) is 5.75. The van der Waals surface area contributed by atoms with Crippen LogP contribution < -0.4 is 25.8 Å². The van der Waals surface area contributed by atoms with E-state index in [9.17, 15) is 26.3 Å². The fourth-order valence-corrected chi connectivity index (χ4v) is 8.14. The van der Waals surface area contributed by atoms with Crippen molar-refractivity contribution in [3.8, 4) is 39.9 Å². The first-order chi connectivity index (χ1) is 28.6. The quantitative estimate of drug-likeness (QED) is 0.0349. The highest BCUT2D eigenvalue weighted by atomic mass is 32.3. The Morgan fingerprint density at radius 2 is 1.23 bits per heavy atom. The Labute approximate surface area is 344 Å². The number of nitrogens with one attached hydrogen (secondary N) is 3. The molecule has 0 amide bonds. The lowest BCUT2D eigenvalue weighted by Gasteiger charge is -2.16. The summed E-state index contributed by atoms with van der Waals surface area (Å²) in [5.41, 5.74) is 7.91. The Kier molecular flexibility index (Phi) is 14.8. The maximum atomic E-state index is 14.4. The topological polar surface area (TPSA) is 217 Å². The van der Waals surface area contributed by atoms with Crippen molar-refractivity contribution in [1.82, 2.24) is 19.9 Å². The Morgan fingerprint density at radius 3 is 1.70 bits per heavy atom. The van der Waals surface area contributed by atoms with Crippen LogP contribution in [0.15, 0.2) is 102 Å². The number of anilines is 4. The van der Waals surface area contributed by atoms with Crippen LogP contribution in [-0.4, -0.2) is 61.5 Å². The van der Waals surface area contributed by atoms with Gasteiger partial charge in [0.15, 0.2) is 0 Å². The maximum Gasteiger partial charge on any atom is 0.212 e. The molecule has 0 aliphatic heterocycles. The summed E-state index contributed by atoms with van der Waals surface area (Å²) < 4.78 is 100.0. The monoisotopic (exact) mass is 864 g/mol. The van der Waals surface area contributed by atoms with Crippen molar-refractivity contribution in [2.45, 2.75) is 11.5 Å². The number of methoxy groups -OCH3 is 2. The predicted octanol–water partition coefficient (Wildman–Crippen LogP) is 8.01. The number of hydrogen-bond acceptors (Lipinski definition) is 13. The number of nitrogens with two attached hydrogens (primary N) is 1. The van der Waals surface area contributed by atoms with Crippen LogP contribution in [0.2, 0.25) is 0 Å². The molecule has 6 aromatic rings. The van der Waals surface area contributed by atoms with E-state index in [4.69, 9.17) is 25.2 Å². The van der Waals surface area contributed by atoms with Gasteiger partial charge in [-0.3, -0.25) is 4.78 Å². The van der Waals surface area contributed by atoms with Crippen LogP contribution in [0, 0.1) is 39.5 Å². The van der Waals surface area contributed by atoms with Gasteiger partial charge in [0, 0.05) is 74.6 Å². The minimum atomic E-state index is -2.82. The van der Waals surface area contributed by atoms with Crippen LogP contribution >= 0.6 is 0 Å². The first-order valence-corrected chi connectivity index (χ1v) is 21.9. The molecule has 0 saturated carbocycles. The van der Waals surface area contributed by atoms with Crippen LogP contribution in [0.4, 0.5) is 40.8 Å². The molecule has 0 fully saturated rings. The molecule has 0 spiro atoms. The lowest BCUT2D eigenvalue weighted by Crippen LogP contribution is -2.16. The number of halogens is 4. The Morgan fingerprint density at radius 1 is 0.767 bits per heavy atom. The molecule has 60 heavy (non-hydrogen) atoms. The lowest BCUT2D eigenvalue weighted by molar-refractivity contribution is 0.412. The molecule has 0 bridgehead atoms. The largest absolute Gasteiger partial charge is 0.496 e. The van der Waals surface area contributed by atoms with Gasteiger partial charge in [0.25, 0.3) is 0 Å². The second-order valence-corrected chi connectivity index (χ2v) is 18.0. The van der Waals surface area contributed by atoms with Gasteiger partial charge < -0.3 is 30.4 Å². The smallest absolute Gasteiger partial charge is 0.212 e. The number of benzene rings is 2. The number of nitrogens with zero attached hydrogens (tertiary/aromatic N) is 6. The molecule has 1 unspecified atom stereocenters. The Balaban J connectivity index is 0.000000228. The van der Waals surface area contributed by atoms with Crippen LogP contribution in [-0.2, 0) is 31.3 Å². The molecule has 14 nitrogen and oxygen atoms in total. The van der Waals surface area contributed by atoms with Crippen molar-refractivity contribution in [1.29, 1.82) is 10.0 Å². The summed E-state index contributed by atoms with van der Waals surface area (Å²) in [5.74, 6) is 0.0118. The summed E-state index contributed by atoms with van der Waals surface area (Å²) in [4.78, 5) is 16.4. The van der Waals surface area contributed by atoms with E-state index in [1.54, 1.807) is 30.5 Å². The number of rotatable bonds is 14. The van der Waals surface area contributed by atoms with Gasteiger partial charge in [0.1, 0.15) is 58.0 Å². The highest BCUT2D eigenvalue weighted by molar-refractivity contribution is 7.98. The number of hydrogen-bond donors (Lipinski definition) is 6. The minimum Gasteiger partial charge on any atom is -0.496 e. The van der Waals surface area contributed by atoms with E-state index in [0.29, 0.717) is 40.0 Å². The third kappa shape index (κ3) is 12.2. The van der Waals surface area contributed by atoms with Crippen molar-refractivity contribution in [2.24, 2.45) is 10.1 Å². The highest BCUT2D eigenvalue weighted by Crippen LogP contribution is 2.35. The summed E-state index contributed by atoms with van der Waals surface area (Å²) in [6.07, 6.45) is 8.32. The van der Waals surface area contributed by atoms with Crippen LogP contribution in [0.1, 0.15) is 11.1 Å². The molecule has 4 heterocycles. The van der Waals surface area contributed by atoms with E-state index < -0.39 is 43.1 Å². The van der Waals surface area contributed by atoms with E-state index in [-0.39, 0.29) is 46.4 Å². The average molecular weight is 865 g/mol. The molecule has 2 aromatic carbocycles. The van der Waals surface area contributed by atoms with Crippen molar-refractivity contribution in [3.63, 3.8) is 0 Å². The van der Waals surface area contributed by atoms with E-state index in [1.165, 1.54) is 81.4 Å². The SMILES string of the molecule is COc1cc(F)ccc1-c1cc(Nc2cc(CS(=N)(=O)CCN)ccn2)ncc1F.COc1cc(F)ccc1-c1cc(Nc2cc(C[SH](C)(O)=NC#N)ccn2)ncc1F. The number of aromatic nitrogens is 4. The van der Waals surface area contributed by atoms with Gasteiger partial charge in [-0.1, -0.05) is 10.1 Å². The van der Waals surface area contributed by atoms with E-state index in [1.807, 2.05) is 0 Å². The molecular formula is C40H40F4N10O4S2. The van der Waals surface area contributed by atoms with Gasteiger partial charge in [0.05, 0.1) is 32.4 Å². The maximum absolute atomic E-state index is 14.4. The van der Waals surface area contributed by atoms with Crippen LogP contribution in [0.3, 0.4) is 0 Å². The van der Waals surface area contributed by atoms with E-state index >= 15 is 0 Å². The first-order valence-electron chi connectivity index (χ1n) is 17.7. The molecule has 314 valence electrons. The van der Waals surface area contributed by atoms with Gasteiger partial charge >= 0.3 is 0 Å². The molecule has 4 aromatic heterocycles. The van der Waals surface area contributed by atoms with Gasteiger partial charge in [-0.15, -0.1) is 4.36 Å². The molecule has 0 saturated heterocycles. The summed E-state index contributed by atoms with van der Waals surface area (Å²) in [5, 5.41) is 14.6. The Hall–Kier alpha value is -6.53. The molecule has 0 aliphatic rings. The molecule has 6 rings (SSSR count). The first kappa shape index (κ1) is 44.6. The zero-order valence-corrected chi connectivity index (χ0v) is 34.1.